The fourth-order valence-corrected chi connectivity index (χ4v) is 3.18. The molecule has 1 aromatic carbocycles. The average Bonchev–Trinajstić information content (AvgIpc) is 2.39. The van der Waals surface area contributed by atoms with E-state index in [1.807, 2.05) is 13.1 Å². The first-order valence-electron chi connectivity index (χ1n) is 7.29. The van der Waals surface area contributed by atoms with Crippen LogP contribution < -0.4 is 5.32 Å². The molecule has 0 aromatic heterocycles. The van der Waals surface area contributed by atoms with Crippen molar-refractivity contribution in [2.45, 2.75) is 19.4 Å². The zero-order chi connectivity index (χ0) is 14.4. The highest BCUT2D eigenvalue weighted by atomic mass is 19.1. The maximum Gasteiger partial charge on any atom is 0.123 e. The van der Waals surface area contributed by atoms with E-state index in [9.17, 15) is 4.39 Å². The van der Waals surface area contributed by atoms with Crippen LogP contribution in [0.4, 0.5) is 4.39 Å². The second-order valence-corrected chi connectivity index (χ2v) is 5.99. The minimum Gasteiger partial charge on any atom is -0.381 e. The van der Waals surface area contributed by atoms with Gasteiger partial charge in [0, 0.05) is 31.7 Å². The van der Waals surface area contributed by atoms with Gasteiger partial charge in [0.25, 0.3) is 0 Å². The van der Waals surface area contributed by atoms with Crippen LogP contribution in [0, 0.1) is 11.2 Å². The lowest BCUT2D eigenvalue weighted by molar-refractivity contribution is -0.0228. The number of ether oxygens (including phenoxy) is 1. The van der Waals surface area contributed by atoms with E-state index < -0.39 is 0 Å². The molecule has 0 bridgehead atoms. The van der Waals surface area contributed by atoms with Gasteiger partial charge in [-0.3, -0.25) is 0 Å². The minimum absolute atomic E-state index is 0.165. The topological polar surface area (TPSA) is 24.5 Å². The summed E-state index contributed by atoms with van der Waals surface area (Å²) in [5.41, 5.74) is 1.19. The molecule has 1 fully saturated rings. The Morgan fingerprint density at radius 2 is 2.30 bits per heavy atom. The summed E-state index contributed by atoms with van der Waals surface area (Å²) in [6.45, 7) is 4.37. The molecule has 0 radical (unpaired) electrons. The van der Waals surface area contributed by atoms with E-state index in [0.717, 1.165) is 44.8 Å². The van der Waals surface area contributed by atoms with Gasteiger partial charge in [0.15, 0.2) is 0 Å². The molecule has 0 spiro atoms. The van der Waals surface area contributed by atoms with Gasteiger partial charge in [0.2, 0.25) is 0 Å². The van der Waals surface area contributed by atoms with E-state index in [2.05, 4.69) is 17.3 Å². The van der Waals surface area contributed by atoms with Gasteiger partial charge in [-0.2, -0.15) is 0 Å². The number of hydrogen-bond acceptors (Lipinski definition) is 3. The third-order valence-corrected chi connectivity index (χ3v) is 3.90. The molecule has 1 aliphatic rings. The predicted octanol–water partition coefficient (Wildman–Crippen LogP) is 2.27. The van der Waals surface area contributed by atoms with Gasteiger partial charge in [-0.05, 0) is 44.6 Å². The third-order valence-electron chi connectivity index (χ3n) is 3.90. The van der Waals surface area contributed by atoms with E-state index in [1.165, 1.54) is 12.5 Å². The van der Waals surface area contributed by atoms with Crippen molar-refractivity contribution in [3.05, 3.63) is 35.6 Å². The summed E-state index contributed by atoms with van der Waals surface area (Å²) in [7, 11) is 4.08. The fourth-order valence-electron chi connectivity index (χ4n) is 3.18. The molecular weight excluding hydrogens is 255 g/mol. The normalized spacial score (nSPS) is 23.2. The lowest BCUT2D eigenvalue weighted by Gasteiger charge is -2.39. The molecule has 20 heavy (non-hydrogen) atoms. The van der Waals surface area contributed by atoms with Gasteiger partial charge >= 0.3 is 0 Å². The molecular formula is C16H25FN2O. The van der Waals surface area contributed by atoms with Gasteiger partial charge < -0.3 is 15.0 Å². The molecule has 1 atom stereocenters. The second-order valence-electron chi connectivity index (χ2n) is 5.99. The summed E-state index contributed by atoms with van der Waals surface area (Å²) in [5.74, 6) is -0.165. The minimum atomic E-state index is -0.165. The summed E-state index contributed by atoms with van der Waals surface area (Å²) in [4.78, 5) is 2.26. The monoisotopic (exact) mass is 280 g/mol. The van der Waals surface area contributed by atoms with Crippen molar-refractivity contribution in [1.29, 1.82) is 0 Å². The van der Waals surface area contributed by atoms with E-state index in [0.29, 0.717) is 0 Å². The predicted molar refractivity (Wildman–Crippen MR) is 79.1 cm³/mol. The van der Waals surface area contributed by atoms with Crippen LogP contribution in [0.15, 0.2) is 24.3 Å². The number of hydrogen-bond donors (Lipinski definition) is 1. The second kappa shape index (κ2) is 7.16. The number of rotatable bonds is 6. The largest absolute Gasteiger partial charge is 0.381 e. The SMILES string of the molecule is CNCC1(CN(C)Cc2cccc(F)c2)CCCOC1. The van der Waals surface area contributed by atoms with E-state index in [1.54, 1.807) is 12.1 Å². The van der Waals surface area contributed by atoms with Gasteiger partial charge in [-0.15, -0.1) is 0 Å². The third kappa shape index (κ3) is 4.27. The van der Waals surface area contributed by atoms with Crippen LogP contribution in [0.1, 0.15) is 18.4 Å². The zero-order valence-electron chi connectivity index (χ0n) is 12.5. The molecule has 0 aliphatic carbocycles. The molecule has 1 heterocycles. The molecule has 1 aliphatic heterocycles. The van der Waals surface area contributed by atoms with Crippen LogP contribution in [0.2, 0.25) is 0 Å². The first-order valence-corrected chi connectivity index (χ1v) is 7.29. The molecule has 2 rings (SSSR count). The first kappa shape index (κ1) is 15.4. The highest BCUT2D eigenvalue weighted by Crippen LogP contribution is 2.29. The number of halogens is 1. The highest BCUT2D eigenvalue weighted by molar-refractivity contribution is 5.16. The van der Waals surface area contributed by atoms with E-state index in [4.69, 9.17) is 4.74 Å². The molecule has 4 heteroatoms. The van der Waals surface area contributed by atoms with Crippen molar-refractivity contribution in [3.63, 3.8) is 0 Å². The quantitative estimate of drug-likeness (QED) is 0.865. The first-order chi connectivity index (χ1) is 9.63. The van der Waals surface area contributed by atoms with E-state index >= 15 is 0 Å². The molecule has 1 aromatic rings. The molecule has 1 saturated heterocycles. The Morgan fingerprint density at radius 3 is 2.95 bits per heavy atom. The molecule has 1 N–H and O–H groups in total. The molecule has 112 valence electrons. The number of benzene rings is 1. The molecule has 0 saturated carbocycles. The summed E-state index contributed by atoms with van der Waals surface area (Å²) in [6.07, 6.45) is 2.30. The van der Waals surface area contributed by atoms with Crippen molar-refractivity contribution >= 4 is 0 Å². The summed E-state index contributed by atoms with van der Waals surface area (Å²) >= 11 is 0. The van der Waals surface area contributed by atoms with Crippen LogP contribution in [0.3, 0.4) is 0 Å². The van der Waals surface area contributed by atoms with Crippen molar-refractivity contribution in [2.75, 3.05) is 40.4 Å². The summed E-state index contributed by atoms with van der Waals surface area (Å²) in [6, 6.07) is 6.84. The van der Waals surface area contributed by atoms with Crippen LogP contribution in [0.5, 0.6) is 0 Å². The standard InChI is InChI=1S/C16H25FN2O/c1-18-11-16(7-4-8-20-13-16)12-19(2)10-14-5-3-6-15(17)9-14/h3,5-6,9,18H,4,7-8,10-13H2,1-2H3. The Bertz CT molecular complexity index is 413. The van der Waals surface area contributed by atoms with Crippen molar-refractivity contribution in [1.82, 2.24) is 10.2 Å². The van der Waals surface area contributed by atoms with E-state index in [-0.39, 0.29) is 11.2 Å². The van der Waals surface area contributed by atoms with Crippen LogP contribution >= 0.6 is 0 Å². The smallest absolute Gasteiger partial charge is 0.123 e. The molecule has 0 amide bonds. The Morgan fingerprint density at radius 1 is 1.45 bits per heavy atom. The Kier molecular flexibility index (Phi) is 5.52. The Labute approximate surface area is 121 Å². The number of nitrogens with one attached hydrogen (secondary N) is 1. The van der Waals surface area contributed by atoms with Crippen molar-refractivity contribution < 1.29 is 9.13 Å². The van der Waals surface area contributed by atoms with Gasteiger partial charge in [-0.1, -0.05) is 12.1 Å². The summed E-state index contributed by atoms with van der Waals surface area (Å²) in [5, 5.41) is 3.29. The maximum atomic E-state index is 13.2. The van der Waals surface area contributed by atoms with Crippen molar-refractivity contribution in [3.8, 4) is 0 Å². The van der Waals surface area contributed by atoms with Crippen LogP contribution in [-0.4, -0.2) is 45.3 Å². The fraction of sp³-hybridized carbons (Fsp3) is 0.625. The maximum absolute atomic E-state index is 13.2. The van der Waals surface area contributed by atoms with Gasteiger partial charge in [0.05, 0.1) is 6.61 Å². The summed E-state index contributed by atoms with van der Waals surface area (Å²) < 4.78 is 18.9. The highest BCUT2D eigenvalue weighted by Gasteiger charge is 2.33. The van der Waals surface area contributed by atoms with Crippen LogP contribution in [-0.2, 0) is 11.3 Å². The lowest BCUT2D eigenvalue weighted by atomic mass is 9.82. The Balaban J connectivity index is 1.95. The lowest BCUT2D eigenvalue weighted by Crippen LogP contribution is -2.47. The van der Waals surface area contributed by atoms with Gasteiger partial charge in [0.1, 0.15) is 5.82 Å². The van der Waals surface area contributed by atoms with Gasteiger partial charge in [-0.25, -0.2) is 4.39 Å². The molecule has 1 unspecified atom stereocenters. The molecule has 3 nitrogen and oxygen atoms in total. The van der Waals surface area contributed by atoms with Crippen LogP contribution in [0.25, 0.3) is 0 Å². The number of nitrogens with zero attached hydrogens (tertiary/aromatic N) is 1. The zero-order valence-corrected chi connectivity index (χ0v) is 12.5. The Hall–Kier alpha value is -0.970. The average molecular weight is 280 g/mol. The van der Waals surface area contributed by atoms with Crippen molar-refractivity contribution in [2.24, 2.45) is 5.41 Å².